The Morgan fingerprint density at radius 3 is 2.29 bits per heavy atom. The van der Waals surface area contributed by atoms with Gasteiger partial charge in [0.15, 0.2) is 0 Å². The van der Waals surface area contributed by atoms with Crippen molar-refractivity contribution in [1.82, 2.24) is 25.8 Å². The second-order valence-corrected chi connectivity index (χ2v) is 8.08. The number of carbonyl (C=O) groups excluding carboxylic acids is 1. The lowest BCUT2D eigenvalue weighted by molar-refractivity contribution is -0.139. The minimum Gasteiger partial charge on any atom is -0.480 e. The maximum Gasteiger partial charge on any atom is 0.326 e. The number of aliphatic hydroxyl groups is 1. The number of amides is 2. The largest absolute Gasteiger partial charge is 0.480 e. The molecule has 2 amide bonds. The van der Waals surface area contributed by atoms with Crippen LogP contribution < -0.4 is 16.0 Å². The number of aromatic nitrogens is 1. The third-order valence-electron chi connectivity index (χ3n) is 5.05. The fraction of sp³-hybridized carbons (Fsp3) is 0.500. The van der Waals surface area contributed by atoms with Gasteiger partial charge in [-0.2, -0.15) is 0 Å². The third kappa shape index (κ3) is 13.8. The minimum atomic E-state index is -1.26. The van der Waals surface area contributed by atoms with Gasteiger partial charge in [0.1, 0.15) is 12.1 Å². The molecule has 1 unspecified atom stereocenters. The fourth-order valence-corrected chi connectivity index (χ4v) is 3.17. The molecule has 0 aromatic carbocycles. The molecule has 3 atom stereocenters. The summed E-state index contributed by atoms with van der Waals surface area (Å²) >= 11 is 0. The maximum atomic E-state index is 12.3. The number of aliphatic hydroxyl groups excluding tert-OH is 1. The van der Waals surface area contributed by atoms with Gasteiger partial charge >= 0.3 is 18.0 Å². The second-order valence-electron chi connectivity index (χ2n) is 8.08. The first-order valence-corrected chi connectivity index (χ1v) is 11.5. The first-order valence-electron chi connectivity index (χ1n) is 11.5. The number of urea groups is 1. The van der Waals surface area contributed by atoms with E-state index in [-0.39, 0.29) is 19.3 Å². The van der Waals surface area contributed by atoms with Crippen molar-refractivity contribution >= 4 is 18.0 Å². The highest BCUT2D eigenvalue weighted by Gasteiger charge is 2.25. The van der Waals surface area contributed by atoms with Gasteiger partial charge in [-0.3, -0.25) is 9.88 Å². The third-order valence-corrected chi connectivity index (χ3v) is 5.05. The van der Waals surface area contributed by atoms with Gasteiger partial charge in [0.2, 0.25) is 0 Å². The Labute approximate surface area is 205 Å². The first-order chi connectivity index (χ1) is 16.7. The van der Waals surface area contributed by atoms with Crippen molar-refractivity contribution in [3.8, 4) is 0 Å². The number of carboxylic acid groups (broad SMARTS) is 2. The Morgan fingerprint density at radius 2 is 1.71 bits per heavy atom. The number of rotatable bonds is 17. The van der Waals surface area contributed by atoms with Gasteiger partial charge in [0.25, 0.3) is 0 Å². The van der Waals surface area contributed by atoms with E-state index in [1.807, 2.05) is 48.4 Å². The van der Waals surface area contributed by atoms with Crippen LogP contribution in [0.3, 0.4) is 0 Å². The molecule has 0 aliphatic rings. The molecule has 194 valence electrons. The molecular weight excluding hydrogens is 454 g/mol. The zero-order valence-electron chi connectivity index (χ0n) is 20.3. The van der Waals surface area contributed by atoms with Crippen LogP contribution in [0.2, 0.25) is 0 Å². The molecule has 0 saturated heterocycles. The van der Waals surface area contributed by atoms with Crippen LogP contribution in [0.25, 0.3) is 0 Å². The summed E-state index contributed by atoms with van der Waals surface area (Å²) in [4.78, 5) is 41.8. The molecule has 0 aliphatic heterocycles. The summed E-state index contributed by atoms with van der Waals surface area (Å²) in [7, 11) is 1.81. The van der Waals surface area contributed by atoms with Crippen LogP contribution in [-0.2, 0) is 16.1 Å². The van der Waals surface area contributed by atoms with Crippen LogP contribution in [0.15, 0.2) is 48.8 Å². The van der Waals surface area contributed by atoms with Crippen molar-refractivity contribution in [1.29, 1.82) is 0 Å². The number of carbonyl (C=O) groups is 3. The SMILES string of the molecule is CN/C=C\C=C/CCN(CC[C@H](NC(=O)N[C@@H](CCC(C)O)C(=O)O)C(=O)O)Cc1ccccn1. The minimum absolute atomic E-state index is 0.0209. The van der Waals surface area contributed by atoms with Crippen molar-refractivity contribution in [3.05, 3.63) is 54.5 Å². The van der Waals surface area contributed by atoms with Crippen LogP contribution >= 0.6 is 0 Å². The van der Waals surface area contributed by atoms with Crippen LogP contribution in [0, 0.1) is 0 Å². The van der Waals surface area contributed by atoms with Crippen molar-refractivity contribution in [2.45, 2.75) is 57.3 Å². The van der Waals surface area contributed by atoms with Gasteiger partial charge in [-0.15, -0.1) is 0 Å². The average molecular weight is 492 g/mol. The molecule has 1 aromatic rings. The molecule has 35 heavy (non-hydrogen) atoms. The number of pyridine rings is 1. The number of hydrogen-bond donors (Lipinski definition) is 6. The Balaban J connectivity index is 2.73. The van der Waals surface area contributed by atoms with Crippen LogP contribution in [-0.4, -0.2) is 81.5 Å². The molecule has 6 N–H and O–H groups in total. The normalized spacial score (nSPS) is 14.1. The molecule has 0 bridgehead atoms. The lowest BCUT2D eigenvalue weighted by Gasteiger charge is -2.24. The van der Waals surface area contributed by atoms with Gasteiger partial charge in [-0.25, -0.2) is 14.4 Å². The Bertz CT molecular complexity index is 831. The summed E-state index contributed by atoms with van der Waals surface area (Å²) in [6.07, 6.45) is 9.62. The predicted molar refractivity (Wildman–Crippen MR) is 132 cm³/mol. The van der Waals surface area contributed by atoms with Crippen molar-refractivity contribution in [2.24, 2.45) is 0 Å². The Hall–Kier alpha value is -3.44. The van der Waals surface area contributed by atoms with Crippen molar-refractivity contribution in [2.75, 3.05) is 20.1 Å². The number of nitrogens with zero attached hydrogens (tertiary/aromatic N) is 2. The maximum absolute atomic E-state index is 12.3. The molecule has 11 heteroatoms. The molecule has 0 radical (unpaired) electrons. The molecular formula is C24H37N5O6. The molecule has 1 heterocycles. The van der Waals surface area contributed by atoms with E-state index in [4.69, 9.17) is 0 Å². The van der Waals surface area contributed by atoms with E-state index in [0.717, 1.165) is 12.1 Å². The summed E-state index contributed by atoms with van der Waals surface area (Å²) in [6.45, 7) is 3.06. The van der Waals surface area contributed by atoms with E-state index in [1.165, 1.54) is 6.92 Å². The molecule has 0 spiro atoms. The van der Waals surface area contributed by atoms with Gasteiger partial charge < -0.3 is 31.3 Å². The van der Waals surface area contributed by atoms with E-state index in [0.29, 0.717) is 19.6 Å². The van der Waals surface area contributed by atoms with E-state index >= 15 is 0 Å². The monoisotopic (exact) mass is 491 g/mol. The standard InChI is InChI=1S/C24H37N5O6/c1-18(30)10-11-20(22(31)32)27-24(35)28-21(23(33)34)12-16-29(15-8-4-3-6-13-25-2)17-19-9-5-7-14-26-19/h3-7,9,13-14,18,20-21,25,30H,8,10-12,15-17H2,1-2H3,(H,31,32)(H,33,34)(H2,27,28,35)/b4-3-,13-6-/t18?,20-,21-/m0/s1. The molecule has 0 saturated carbocycles. The van der Waals surface area contributed by atoms with Crippen LogP contribution in [0.4, 0.5) is 4.79 Å². The Morgan fingerprint density at radius 1 is 1.03 bits per heavy atom. The highest BCUT2D eigenvalue weighted by atomic mass is 16.4. The lowest BCUT2D eigenvalue weighted by Crippen LogP contribution is -2.51. The first kappa shape index (κ1) is 29.6. The van der Waals surface area contributed by atoms with Gasteiger partial charge in [0.05, 0.1) is 11.8 Å². The quantitative estimate of drug-likeness (QED) is 0.176. The predicted octanol–water partition coefficient (Wildman–Crippen LogP) is 1.32. The van der Waals surface area contributed by atoms with E-state index in [2.05, 4.69) is 20.9 Å². The highest BCUT2D eigenvalue weighted by molar-refractivity contribution is 5.86. The smallest absolute Gasteiger partial charge is 0.326 e. The zero-order valence-corrected chi connectivity index (χ0v) is 20.3. The molecule has 0 fully saturated rings. The van der Waals surface area contributed by atoms with Crippen molar-refractivity contribution in [3.63, 3.8) is 0 Å². The lowest BCUT2D eigenvalue weighted by atomic mass is 10.1. The summed E-state index contributed by atoms with van der Waals surface area (Å²) in [6, 6.07) is 2.26. The fourth-order valence-electron chi connectivity index (χ4n) is 3.17. The number of hydrogen-bond acceptors (Lipinski definition) is 7. The number of allylic oxidation sites excluding steroid dienone is 2. The highest BCUT2D eigenvalue weighted by Crippen LogP contribution is 2.07. The van der Waals surface area contributed by atoms with Crippen LogP contribution in [0.5, 0.6) is 0 Å². The zero-order chi connectivity index (χ0) is 26.1. The van der Waals surface area contributed by atoms with Crippen molar-refractivity contribution < 1.29 is 29.7 Å². The molecule has 11 nitrogen and oxygen atoms in total. The molecule has 1 aromatic heterocycles. The van der Waals surface area contributed by atoms with Gasteiger partial charge in [-0.05, 0) is 57.0 Å². The topological polar surface area (TPSA) is 164 Å². The number of nitrogens with one attached hydrogen (secondary N) is 3. The second kappa shape index (κ2) is 17.1. The number of carboxylic acids is 2. The molecule has 0 aliphatic carbocycles. The summed E-state index contributed by atoms with van der Waals surface area (Å²) in [5.74, 6) is -2.47. The van der Waals surface area contributed by atoms with Gasteiger partial charge in [-0.1, -0.05) is 18.2 Å². The summed E-state index contributed by atoms with van der Waals surface area (Å²) < 4.78 is 0. The summed E-state index contributed by atoms with van der Waals surface area (Å²) in [5, 5.41) is 35.8. The number of aliphatic carboxylic acids is 2. The van der Waals surface area contributed by atoms with Gasteiger partial charge in [0, 0.05) is 32.9 Å². The van der Waals surface area contributed by atoms with Crippen LogP contribution in [0.1, 0.15) is 38.3 Å². The Kier molecular flexibility index (Phi) is 14.4. The van der Waals surface area contributed by atoms with E-state index in [9.17, 15) is 29.7 Å². The van der Waals surface area contributed by atoms with E-state index < -0.39 is 36.2 Å². The average Bonchev–Trinajstić information content (AvgIpc) is 2.81. The van der Waals surface area contributed by atoms with E-state index in [1.54, 1.807) is 12.4 Å². The molecule has 1 rings (SSSR count). The summed E-state index contributed by atoms with van der Waals surface area (Å²) in [5.41, 5.74) is 0.839.